The van der Waals surface area contributed by atoms with Crippen LogP contribution in [0.2, 0.25) is 15.1 Å². The van der Waals surface area contributed by atoms with Gasteiger partial charge in [-0.3, -0.25) is 4.79 Å². The molecule has 2 rings (SSSR count). The van der Waals surface area contributed by atoms with E-state index in [0.29, 0.717) is 26.3 Å². The van der Waals surface area contributed by atoms with E-state index in [0.717, 1.165) is 4.90 Å². The molecule has 3 nitrogen and oxygen atoms in total. The molecule has 0 radical (unpaired) electrons. The molecule has 7 heteroatoms. The van der Waals surface area contributed by atoms with Gasteiger partial charge in [0.05, 0.1) is 5.92 Å². The van der Waals surface area contributed by atoms with Crippen molar-refractivity contribution in [3.05, 3.63) is 57.0 Å². The Labute approximate surface area is 147 Å². The number of carboxylic acids is 1. The Morgan fingerprint density at radius 3 is 2.41 bits per heavy atom. The summed E-state index contributed by atoms with van der Waals surface area (Å²) in [6.07, 6.45) is 0. The second-order valence-electron chi connectivity index (χ2n) is 4.55. The minimum Gasteiger partial charge on any atom is -0.481 e. The van der Waals surface area contributed by atoms with E-state index in [1.54, 1.807) is 30.3 Å². The number of carbonyl (C=O) groups is 1. The van der Waals surface area contributed by atoms with Crippen molar-refractivity contribution in [1.29, 1.82) is 0 Å². The van der Waals surface area contributed by atoms with Crippen LogP contribution in [0.25, 0.3) is 0 Å². The minimum absolute atomic E-state index is 0.279. The minimum atomic E-state index is -0.961. The smallest absolute Gasteiger partial charge is 0.311 e. The molecule has 1 unspecified atom stereocenters. The Morgan fingerprint density at radius 1 is 1.14 bits per heavy atom. The van der Waals surface area contributed by atoms with Crippen LogP contribution in [0, 0.1) is 0 Å². The van der Waals surface area contributed by atoms with Gasteiger partial charge in [0.2, 0.25) is 0 Å². The SMILES string of the molecule is Nc1ccc(Cl)cc1SCC(C(=O)O)c1ccc(Cl)cc1Cl. The van der Waals surface area contributed by atoms with Crippen molar-refractivity contribution in [2.75, 3.05) is 11.5 Å². The standard InChI is InChI=1S/C15H12Cl3NO2S/c16-8-1-3-10(12(18)5-8)11(15(20)21)7-22-14-6-9(17)2-4-13(14)19/h1-6,11H,7,19H2,(H,20,21). The van der Waals surface area contributed by atoms with Gasteiger partial charge >= 0.3 is 5.97 Å². The molecule has 0 aromatic heterocycles. The van der Waals surface area contributed by atoms with Crippen molar-refractivity contribution in [2.45, 2.75) is 10.8 Å². The normalized spacial score (nSPS) is 12.1. The lowest BCUT2D eigenvalue weighted by Crippen LogP contribution is -2.14. The molecular formula is C15H12Cl3NO2S. The lowest BCUT2D eigenvalue weighted by Gasteiger charge is -2.15. The molecule has 3 N–H and O–H groups in total. The Hall–Kier alpha value is -1.07. The number of hydrogen-bond donors (Lipinski definition) is 2. The summed E-state index contributed by atoms with van der Waals surface area (Å²) in [5, 5.41) is 10.8. The van der Waals surface area contributed by atoms with Crippen LogP contribution in [0.5, 0.6) is 0 Å². The second kappa shape index (κ2) is 7.47. The lowest BCUT2D eigenvalue weighted by atomic mass is 10.0. The van der Waals surface area contributed by atoms with E-state index in [1.165, 1.54) is 17.8 Å². The van der Waals surface area contributed by atoms with Crippen LogP contribution in [-0.4, -0.2) is 16.8 Å². The van der Waals surface area contributed by atoms with E-state index in [9.17, 15) is 9.90 Å². The molecule has 0 amide bonds. The van der Waals surface area contributed by atoms with Gasteiger partial charge in [-0.25, -0.2) is 0 Å². The monoisotopic (exact) mass is 375 g/mol. The van der Waals surface area contributed by atoms with Gasteiger partial charge in [0.1, 0.15) is 0 Å². The van der Waals surface area contributed by atoms with Gasteiger partial charge in [-0.1, -0.05) is 40.9 Å². The predicted octanol–water partition coefficient (Wildman–Crippen LogP) is 5.19. The fourth-order valence-electron chi connectivity index (χ4n) is 1.88. The molecule has 2 aromatic rings. The molecule has 0 aliphatic heterocycles. The third kappa shape index (κ3) is 4.23. The molecule has 1 atom stereocenters. The third-order valence-electron chi connectivity index (χ3n) is 3.02. The molecule has 0 bridgehead atoms. The Kier molecular flexibility index (Phi) is 5.87. The Morgan fingerprint density at radius 2 is 1.77 bits per heavy atom. The van der Waals surface area contributed by atoms with E-state index in [-0.39, 0.29) is 5.75 Å². The van der Waals surface area contributed by atoms with Gasteiger partial charge in [0, 0.05) is 31.4 Å². The van der Waals surface area contributed by atoms with Crippen molar-refractivity contribution in [2.24, 2.45) is 0 Å². The van der Waals surface area contributed by atoms with E-state index < -0.39 is 11.9 Å². The fourth-order valence-corrected chi connectivity index (χ4v) is 3.77. The first-order valence-electron chi connectivity index (χ1n) is 6.24. The average Bonchev–Trinajstić information content (AvgIpc) is 2.44. The summed E-state index contributed by atoms with van der Waals surface area (Å²) in [4.78, 5) is 12.3. The average molecular weight is 377 g/mol. The first-order valence-corrected chi connectivity index (χ1v) is 8.36. The number of aliphatic carboxylic acids is 1. The number of nitrogen functional groups attached to an aromatic ring is 1. The summed E-state index contributed by atoms with van der Waals surface area (Å²) in [7, 11) is 0. The molecule has 0 saturated carbocycles. The number of rotatable bonds is 5. The molecular weight excluding hydrogens is 365 g/mol. The first-order chi connectivity index (χ1) is 10.4. The topological polar surface area (TPSA) is 63.3 Å². The molecule has 2 aromatic carbocycles. The van der Waals surface area contributed by atoms with Gasteiger partial charge in [0.15, 0.2) is 0 Å². The summed E-state index contributed by atoms with van der Waals surface area (Å²) >= 11 is 19.2. The Balaban J connectivity index is 2.23. The molecule has 0 aliphatic carbocycles. The predicted molar refractivity (Wildman–Crippen MR) is 93.4 cm³/mol. The van der Waals surface area contributed by atoms with E-state index in [1.807, 2.05) is 0 Å². The van der Waals surface area contributed by atoms with Crippen LogP contribution >= 0.6 is 46.6 Å². The zero-order valence-electron chi connectivity index (χ0n) is 11.2. The first kappa shape index (κ1) is 17.3. The maximum absolute atomic E-state index is 11.5. The molecule has 0 aliphatic rings. The highest BCUT2D eigenvalue weighted by Gasteiger charge is 2.23. The molecule has 0 saturated heterocycles. The number of benzene rings is 2. The number of hydrogen-bond acceptors (Lipinski definition) is 3. The highest BCUT2D eigenvalue weighted by molar-refractivity contribution is 7.99. The summed E-state index contributed by atoms with van der Waals surface area (Å²) < 4.78 is 0. The molecule has 22 heavy (non-hydrogen) atoms. The second-order valence-corrected chi connectivity index (χ2v) is 6.89. The van der Waals surface area contributed by atoms with Gasteiger partial charge in [-0.15, -0.1) is 11.8 Å². The van der Waals surface area contributed by atoms with Crippen LogP contribution in [0.4, 0.5) is 5.69 Å². The lowest BCUT2D eigenvalue weighted by molar-refractivity contribution is -0.138. The highest BCUT2D eigenvalue weighted by atomic mass is 35.5. The summed E-state index contributed by atoms with van der Waals surface area (Å²) in [6.45, 7) is 0. The van der Waals surface area contributed by atoms with Gasteiger partial charge in [-0.05, 0) is 35.9 Å². The maximum Gasteiger partial charge on any atom is 0.311 e. The van der Waals surface area contributed by atoms with Crippen molar-refractivity contribution in [1.82, 2.24) is 0 Å². The van der Waals surface area contributed by atoms with Gasteiger partial charge in [0.25, 0.3) is 0 Å². The fraction of sp³-hybridized carbons (Fsp3) is 0.133. The quantitative estimate of drug-likeness (QED) is 0.557. The van der Waals surface area contributed by atoms with Crippen molar-refractivity contribution in [3.63, 3.8) is 0 Å². The van der Waals surface area contributed by atoms with Crippen LogP contribution in [-0.2, 0) is 4.79 Å². The van der Waals surface area contributed by atoms with Crippen LogP contribution in [0.15, 0.2) is 41.3 Å². The zero-order valence-corrected chi connectivity index (χ0v) is 14.3. The molecule has 0 spiro atoms. The van der Waals surface area contributed by atoms with Gasteiger partial charge < -0.3 is 10.8 Å². The number of nitrogens with two attached hydrogens (primary N) is 1. The Bertz CT molecular complexity index is 709. The number of anilines is 1. The van der Waals surface area contributed by atoms with Crippen LogP contribution in [0.3, 0.4) is 0 Å². The molecule has 116 valence electrons. The maximum atomic E-state index is 11.5. The molecule has 0 fully saturated rings. The zero-order chi connectivity index (χ0) is 16.3. The van der Waals surface area contributed by atoms with Crippen molar-refractivity contribution >= 4 is 58.2 Å². The summed E-state index contributed by atoms with van der Waals surface area (Å²) in [5.41, 5.74) is 6.95. The number of carboxylic acid groups (broad SMARTS) is 1. The van der Waals surface area contributed by atoms with E-state index in [2.05, 4.69) is 0 Å². The summed E-state index contributed by atoms with van der Waals surface area (Å²) in [5.74, 6) is -1.45. The van der Waals surface area contributed by atoms with Gasteiger partial charge in [-0.2, -0.15) is 0 Å². The number of thioether (sulfide) groups is 1. The van der Waals surface area contributed by atoms with Crippen LogP contribution < -0.4 is 5.73 Å². The number of halogens is 3. The molecule has 0 heterocycles. The van der Waals surface area contributed by atoms with Crippen molar-refractivity contribution in [3.8, 4) is 0 Å². The van der Waals surface area contributed by atoms with E-state index in [4.69, 9.17) is 40.5 Å². The largest absolute Gasteiger partial charge is 0.481 e. The van der Waals surface area contributed by atoms with E-state index >= 15 is 0 Å². The summed E-state index contributed by atoms with van der Waals surface area (Å²) in [6, 6.07) is 9.88. The third-order valence-corrected chi connectivity index (χ3v) is 4.98. The van der Waals surface area contributed by atoms with Crippen LogP contribution in [0.1, 0.15) is 11.5 Å². The highest BCUT2D eigenvalue weighted by Crippen LogP contribution is 2.35. The van der Waals surface area contributed by atoms with Crippen molar-refractivity contribution < 1.29 is 9.90 Å².